The van der Waals surface area contributed by atoms with E-state index in [4.69, 9.17) is 4.74 Å². The molecule has 2 N–H and O–H groups in total. The zero-order valence-electron chi connectivity index (χ0n) is 14.0. The Labute approximate surface area is 142 Å². The van der Waals surface area contributed by atoms with Crippen LogP contribution in [-0.4, -0.2) is 56.1 Å². The molecule has 24 heavy (non-hydrogen) atoms. The molecule has 0 aliphatic carbocycles. The van der Waals surface area contributed by atoms with Crippen molar-refractivity contribution in [3.05, 3.63) is 35.9 Å². The van der Waals surface area contributed by atoms with Crippen LogP contribution in [0.4, 0.5) is 0 Å². The van der Waals surface area contributed by atoms with Gasteiger partial charge in [-0.25, -0.2) is 0 Å². The van der Waals surface area contributed by atoms with Gasteiger partial charge in [0.2, 0.25) is 5.91 Å². The van der Waals surface area contributed by atoms with Crippen molar-refractivity contribution in [2.24, 2.45) is 5.92 Å². The molecule has 0 aromatic heterocycles. The van der Waals surface area contributed by atoms with Crippen LogP contribution in [0.15, 0.2) is 30.3 Å². The lowest BCUT2D eigenvalue weighted by atomic mass is 9.94. The van der Waals surface area contributed by atoms with Crippen LogP contribution in [0.1, 0.15) is 24.4 Å². The van der Waals surface area contributed by atoms with E-state index < -0.39 is 12.1 Å². The Morgan fingerprint density at radius 2 is 2.00 bits per heavy atom. The fraction of sp³-hybridized carbons (Fsp3) is 0.556. The molecule has 6 nitrogen and oxygen atoms in total. The first-order chi connectivity index (χ1) is 11.7. The minimum absolute atomic E-state index is 0.0215. The lowest BCUT2D eigenvalue weighted by Crippen LogP contribution is -2.54. The lowest BCUT2D eigenvalue weighted by Gasteiger charge is -2.38. The van der Waals surface area contributed by atoms with Crippen LogP contribution in [0.3, 0.4) is 0 Å². The Hall–Kier alpha value is -1.92. The van der Waals surface area contributed by atoms with Gasteiger partial charge in [-0.3, -0.25) is 9.59 Å². The first kappa shape index (κ1) is 16.9. The molecule has 0 spiro atoms. The fourth-order valence-electron chi connectivity index (χ4n) is 3.51. The minimum Gasteiger partial charge on any atom is -0.356 e. The maximum Gasteiger partial charge on any atom is 0.254 e. The van der Waals surface area contributed by atoms with Gasteiger partial charge in [-0.2, -0.15) is 0 Å². The zero-order valence-corrected chi connectivity index (χ0v) is 14.0. The average molecular weight is 331 g/mol. The summed E-state index contributed by atoms with van der Waals surface area (Å²) in [6, 6.07) is 9.13. The molecule has 2 unspecified atom stereocenters. The van der Waals surface area contributed by atoms with Gasteiger partial charge in [-0.1, -0.05) is 30.3 Å². The summed E-state index contributed by atoms with van der Waals surface area (Å²) in [5, 5.41) is 6.11. The van der Waals surface area contributed by atoms with Gasteiger partial charge < -0.3 is 20.3 Å². The molecule has 3 rings (SSSR count). The molecule has 2 fully saturated rings. The largest absolute Gasteiger partial charge is 0.356 e. The molecular weight excluding hydrogens is 306 g/mol. The van der Waals surface area contributed by atoms with Gasteiger partial charge in [0, 0.05) is 13.1 Å². The van der Waals surface area contributed by atoms with E-state index in [-0.39, 0.29) is 18.4 Å². The average Bonchev–Trinajstić information content (AvgIpc) is 2.63. The fourth-order valence-corrected chi connectivity index (χ4v) is 3.51. The highest BCUT2D eigenvalue weighted by Crippen LogP contribution is 2.26. The predicted molar refractivity (Wildman–Crippen MR) is 90.3 cm³/mol. The monoisotopic (exact) mass is 331 g/mol. The van der Waals surface area contributed by atoms with E-state index in [9.17, 15) is 9.59 Å². The summed E-state index contributed by atoms with van der Waals surface area (Å²) >= 11 is 0. The van der Waals surface area contributed by atoms with Crippen LogP contribution in [-0.2, 0) is 14.3 Å². The third-order valence-corrected chi connectivity index (χ3v) is 4.83. The summed E-state index contributed by atoms with van der Waals surface area (Å²) in [4.78, 5) is 26.6. The maximum atomic E-state index is 12.9. The van der Waals surface area contributed by atoms with Crippen LogP contribution in [0.25, 0.3) is 0 Å². The van der Waals surface area contributed by atoms with Gasteiger partial charge in [-0.15, -0.1) is 0 Å². The molecule has 2 heterocycles. The second-order valence-corrected chi connectivity index (χ2v) is 6.51. The Kier molecular flexibility index (Phi) is 5.48. The number of benzene rings is 1. The Balaban J connectivity index is 1.69. The van der Waals surface area contributed by atoms with Crippen molar-refractivity contribution >= 4 is 11.8 Å². The summed E-state index contributed by atoms with van der Waals surface area (Å²) < 4.78 is 5.63. The van der Waals surface area contributed by atoms with E-state index in [2.05, 4.69) is 10.6 Å². The van der Waals surface area contributed by atoms with E-state index in [1.54, 1.807) is 0 Å². The van der Waals surface area contributed by atoms with Crippen molar-refractivity contribution in [2.75, 3.05) is 33.3 Å². The molecule has 0 radical (unpaired) electrons. The normalized spacial score (nSPS) is 25.4. The van der Waals surface area contributed by atoms with Crippen LogP contribution in [0.5, 0.6) is 0 Å². The minimum atomic E-state index is -0.647. The maximum absolute atomic E-state index is 12.9. The number of carbonyl (C=O) groups excluding carboxylic acids is 2. The van der Waals surface area contributed by atoms with E-state index in [0.29, 0.717) is 5.92 Å². The van der Waals surface area contributed by atoms with Gasteiger partial charge in [0.15, 0.2) is 6.10 Å². The molecule has 1 aromatic carbocycles. The number of ether oxygens (including phenoxy) is 1. The molecular formula is C18H25N3O3. The first-order valence-corrected chi connectivity index (χ1v) is 8.58. The number of hydrogen-bond acceptors (Lipinski definition) is 4. The molecule has 6 heteroatoms. The predicted octanol–water partition coefficient (Wildman–Crippen LogP) is 0.701. The van der Waals surface area contributed by atoms with Crippen molar-refractivity contribution in [1.29, 1.82) is 0 Å². The topological polar surface area (TPSA) is 70.7 Å². The number of rotatable bonds is 4. The van der Waals surface area contributed by atoms with E-state index in [1.165, 1.54) is 0 Å². The molecule has 2 atom stereocenters. The molecule has 2 aliphatic heterocycles. The van der Waals surface area contributed by atoms with Gasteiger partial charge in [0.05, 0.1) is 6.04 Å². The Morgan fingerprint density at radius 3 is 2.67 bits per heavy atom. The number of carbonyl (C=O) groups is 2. The summed E-state index contributed by atoms with van der Waals surface area (Å²) in [5.41, 5.74) is 0.897. The van der Waals surface area contributed by atoms with E-state index >= 15 is 0 Å². The highest BCUT2D eigenvalue weighted by molar-refractivity contribution is 5.86. The van der Waals surface area contributed by atoms with Crippen LogP contribution in [0, 0.1) is 5.92 Å². The molecule has 2 aliphatic rings. The first-order valence-electron chi connectivity index (χ1n) is 8.58. The van der Waals surface area contributed by atoms with E-state index in [0.717, 1.165) is 38.0 Å². The van der Waals surface area contributed by atoms with E-state index in [1.807, 2.05) is 42.3 Å². The lowest BCUT2D eigenvalue weighted by molar-refractivity contribution is -0.156. The third kappa shape index (κ3) is 3.76. The Bertz CT molecular complexity index is 570. The standard InChI is InChI=1S/C18H25N3O3/c1-19-11-13-7-9-21(10-8-13)18(23)17-16(20-15(22)12-24-17)14-5-3-2-4-6-14/h2-6,13,16-17,19H,7-12H2,1H3,(H,20,22). The van der Waals surface area contributed by atoms with Gasteiger partial charge in [0.25, 0.3) is 5.91 Å². The number of piperidine rings is 1. The van der Waals surface area contributed by atoms with Crippen molar-refractivity contribution < 1.29 is 14.3 Å². The summed E-state index contributed by atoms with van der Waals surface area (Å²) in [5.74, 6) is 0.420. The number of morpholine rings is 1. The molecule has 0 saturated carbocycles. The third-order valence-electron chi connectivity index (χ3n) is 4.83. The second kappa shape index (κ2) is 7.77. The molecule has 0 bridgehead atoms. The van der Waals surface area contributed by atoms with Crippen molar-refractivity contribution in [3.8, 4) is 0 Å². The smallest absolute Gasteiger partial charge is 0.254 e. The summed E-state index contributed by atoms with van der Waals surface area (Å²) in [6.07, 6.45) is 1.36. The van der Waals surface area contributed by atoms with Gasteiger partial charge in [0.1, 0.15) is 6.61 Å². The van der Waals surface area contributed by atoms with Crippen LogP contribution < -0.4 is 10.6 Å². The number of hydrogen-bond donors (Lipinski definition) is 2. The van der Waals surface area contributed by atoms with Gasteiger partial charge >= 0.3 is 0 Å². The number of likely N-dealkylation sites (tertiary alicyclic amines) is 1. The number of nitrogens with zero attached hydrogens (tertiary/aromatic N) is 1. The summed E-state index contributed by atoms with van der Waals surface area (Å²) in [7, 11) is 1.96. The highest BCUT2D eigenvalue weighted by Gasteiger charge is 2.39. The van der Waals surface area contributed by atoms with Crippen molar-refractivity contribution in [3.63, 3.8) is 0 Å². The highest BCUT2D eigenvalue weighted by atomic mass is 16.5. The number of nitrogens with one attached hydrogen (secondary N) is 2. The zero-order chi connectivity index (χ0) is 16.9. The number of amides is 2. The van der Waals surface area contributed by atoms with Crippen LogP contribution in [0.2, 0.25) is 0 Å². The summed E-state index contributed by atoms with van der Waals surface area (Å²) in [6.45, 7) is 2.43. The van der Waals surface area contributed by atoms with Gasteiger partial charge in [-0.05, 0) is 37.9 Å². The van der Waals surface area contributed by atoms with Crippen molar-refractivity contribution in [2.45, 2.75) is 25.0 Å². The molecule has 130 valence electrons. The Morgan fingerprint density at radius 1 is 1.29 bits per heavy atom. The SMILES string of the molecule is CNCC1CCN(C(=O)C2OCC(=O)NC2c2ccccc2)CC1. The second-order valence-electron chi connectivity index (χ2n) is 6.51. The molecule has 1 aromatic rings. The quantitative estimate of drug-likeness (QED) is 0.852. The van der Waals surface area contributed by atoms with Crippen molar-refractivity contribution in [1.82, 2.24) is 15.5 Å². The molecule has 2 saturated heterocycles. The molecule has 2 amide bonds. The van der Waals surface area contributed by atoms with Crippen LogP contribution >= 0.6 is 0 Å².